The Bertz CT molecular complexity index is 882. The van der Waals surface area contributed by atoms with Crippen molar-refractivity contribution in [2.75, 3.05) is 12.3 Å². The Balaban J connectivity index is 0.00000210. The number of sulfonamides is 1. The van der Waals surface area contributed by atoms with Crippen LogP contribution in [0.3, 0.4) is 0 Å². The maximum Gasteiger partial charge on any atom is 0.211 e. The molecule has 27 heavy (non-hydrogen) atoms. The van der Waals surface area contributed by atoms with Gasteiger partial charge in [-0.05, 0) is 42.9 Å². The molecule has 0 amide bonds. The number of halogens is 1. The third-order valence-electron chi connectivity index (χ3n) is 5.85. The number of benzene rings is 2. The van der Waals surface area contributed by atoms with Gasteiger partial charge in [-0.3, -0.25) is 0 Å². The van der Waals surface area contributed by atoms with E-state index in [0.717, 1.165) is 25.8 Å². The summed E-state index contributed by atoms with van der Waals surface area (Å²) < 4.78 is 27.3. The summed E-state index contributed by atoms with van der Waals surface area (Å²) in [4.78, 5) is 0. The molecule has 2 fully saturated rings. The zero-order valence-electron chi connectivity index (χ0n) is 15.5. The summed E-state index contributed by atoms with van der Waals surface area (Å²) in [7, 11) is -3.20. The molecule has 1 aliphatic heterocycles. The first kappa shape index (κ1) is 20.3. The van der Waals surface area contributed by atoms with Gasteiger partial charge < -0.3 is 5.32 Å². The first-order valence-corrected chi connectivity index (χ1v) is 11.0. The van der Waals surface area contributed by atoms with Crippen molar-refractivity contribution in [2.24, 2.45) is 5.41 Å². The smallest absolute Gasteiger partial charge is 0.211 e. The molecule has 1 saturated carbocycles. The fourth-order valence-electron chi connectivity index (χ4n) is 4.07. The second kappa shape index (κ2) is 7.92. The highest BCUT2D eigenvalue weighted by Gasteiger charge is 2.56. The summed E-state index contributed by atoms with van der Waals surface area (Å²) in [5, 5.41) is 3.59. The highest BCUT2D eigenvalue weighted by atomic mass is 35.5. The van der Waals surface area contributed by atoms with Crippen molar-refractivity contribution in [3.8, 4) is 11.1 Å². The normalized spacial score (nSPS) is 23.1. The molecule has 4 nitrogen and oxygen atoms in total. The van der Waals surface area contributed by atoms with Gasteiger partial charge in [0, 0.05) is 24.0 Å². The van der Waals surface area contributed by atoms with E-state index in [4.69, 9.17) is 0 Å². The fraction of sp³-hybridized carbons (Fsp3) is 0.429. The van der Waals surface area contributed by atoms with Crippen LogP contribution in [-0.2, 0) is 16.4 Å². The molecule has 4 rings (SSSR count). The SMILES string of the molecule is CCS(=O)(=O)NC1C(Cc2cccc(-c3ccccc3)c2)NCC12CC2.Cl. The standard InChI is InChI=1S/C21H26N2O2S.ClH/c1-2-26(24,25)23-20-19(22-15-21(20)11-12-21)14-16-7-6-10-18(13-16)17-8-4-3-5-9-17;/h3-10,13,19-20,22-23H,2,11-12,14-15H2,1H3;1H. The van der Waals surface area contributed by atoms with Crippen molar-refractivity contribution in [1.82, 2.24) is 10.0 Å². The average molecular weight is 407 g/mol. The second-order valence-electron chi connectivity index (χ2n) is 7.62. The van der Waals surface area contributed by atoms with Crippen molar-refractivity contribution < 1.29 is 8.42 Å². The van der Waals surface area contributed by atoms with Crippen molar-refractivity contribution in [1.29, 1.82) is 0 Å². The molecule has 2 N–H and O–H groups in total. The van der Waals surface area contributed by atoms with Gasteiger partial charge in [0.05, 0.1) is 5.75 Å². The third kappa shape index (κ3) is 4.37. The molecule has 2 unspecified atom stereocenters. The monoisotopic (exact) mass is 406 g/mol. The lowest BCUT2D eigenvalue weighted by Crippen LogP contribution is -2.48. The quantitative estimate of drug-likeness (QED) is 0.773. The summed E-state index contributed by atoms with van der Waals surface area (Å²) in [5.74, 6) is 0.135. The minimum atomic E-state index is -3.20. The topological polar surface area (TPSA) is 58.2 Å². The van der Waals surface area contributed by atoms with Crippen LogP contribution in [-0.4, -0.2) is 32.8 Å². The second-order valence-corrected chi connectivity index (χ2v) is 9.66. The lowest BCUT2D eigenvalue weighted by Gasteiger charge is -2.25. The third-order valence-corrected chi connectivity index (χ3v) is 7.22. The number of hydrogen-bond acceptors (Lipinski definition) is 3. The summed E-state index contributed by atoms with van der Waals surface area (Å²) in [5.41, 5.74) is 3.77. The van der Waals surface area contributed by atoms with Crippen molar-refractivity contribution in [3.63, 3.8) is 0 Å². The van der Waals surface area contributed by atoms with Crippen LogP contribution >= 0.6 is 12.4 Å². The first-order chi connectivity index (χ1) is 12.5. The highest BCUT2D eigenvalue weighted by Crippen LogP contribution is 2.52. The van der Waals surface area contributed by atoms with Crippen molar-refractivity contribution >= 4 is 22.4 Å². The lowest BCUT2D eigenvalue weighted by molar-refractivity contribution is 0.409. The van der Waals surface area contributed by atoms with E-state index in [1.807, 2.05) is 18.2 Å². The van der Waals surface area contributed by atoms with Gasteiger partial charge in [0.1, 0.15) is 0 Å². The van der Waals surface area contributed by atoms with E-state index in [1.165, 1.54) is 16.7 Å². The van der Waals surface area contributed by atoms with E-state index in [9.17, 15) is 8.42 Å². The van der Waals surface area contributed by atoms with Crippen LogP contribution in [0.5, 0.6) is 0 Å². The van der Waals surface area contributed by atoms with E-state index in [0.29, 0.717) is 0 Å². The molecule has 1 spiro atoms. The molecule has 0 aromatic heterocycles. The van der Waals surface area contributed by atoms with Gasteiger partial charge >= 0.3 is 0 Å². The Kier molecular flexibility index (Phi) is 5.96. The van der Waals surface area contributed by atoms with Gasteiger partial charge in [-0.2, -0.15) is 0 Å². The summed E-state index contributed by atoms with van der Waals surface area (Å²) in [6.07, 6.45) is 3.05. The molecule has 1 saturated heterocycles. The lowest BCUT2D eigenvalue weighted by atomic mass is 9.92. The zero-order chi connectivity index (χ0) is 18.2. The van der Waals surface area contributed by atoms with Crippen molar-refractivity contribution in [2.45, 2.75) is 38.3 Å². The molecule has 2 aromatic rings. The predicted molar refractivity (Wildman–Crippen MR) is 113 cm³/mol. The van der Waals surface area contributed by atoms with Crippen LogP contribution in [0.15, 0.2) is 54.6 Å². The Morgan fingerprint density at radius 3 is 2.44 bits per heavy atom. The van der Waals surface area contributed by atoms with E-state index < -0.39 is 10.0 Å². The molecule has 6 heteroatoms. The Labute approximate surface area is 168 Å². The molecule has 1 aliphatic carbocycles. The van der Waals surface area contributed by atoms with E-state index >= 15 is 0 Å². The maximum absolute atomic E-state index is 12.2. The van der Waals surface area contributed by atoms with E-state index in [1.54, 1.807) is 6.92 Å². The van der Waals surface area contributed by atoms with Crippen LogP contribution in [0.2, 0.25) is 0 Å². The molecular weight excluding hydrogens is 380 g/mol. The van der Waals surface area contributed by atoms with Gasteiger partial charge in [0.25, 0.3) is 0 Å². The van der Waals surface area contributed by atoms with Gasteiger partial charge in [0.15, 0.2) is 0 Å². The first-order valence-electron chi connectivity index (χ1n) is 9.39. The predicted octanol–water partition coefficient (Wildman–Crippen LogP) is 3.38. The number of nitrogens with one attached hydrogen (secondary N) is 2. The molecule has 2 aliphatic rings. The summed E-state index contributed by atoms with van der Waals surface area (Å²) >= 11 is 0. The summed E-state index contributed by atoms with van der Waals surface area (Å²) in [6, 6.07) is 19.1. The van der Waals surface area contributed by atoms with Crippen LogP contribution in [0.4, 0.5) is 0 Å². The van der Waals surface area contributed by atoms with E-state index in [-0.39, 0.29) is 35.7 Å². The Morgan fingerprint density at radius 2 is 1.78 bits per heavy atom. The molecule has 146 valence electrons. The minimum Gasteiger partial charge on any atom is -0.311 e. The fourth-order valence-corrected chi connectivity index (χ4v) is 5.04. The molecule has 0 radical (unpaired) electrons. The molecule has 0 bridgehead atoms. The number of rotatable bonds is 6. The molecular formula is C21H27ClN2O2S. The zero-order valence-corrected chi connectivity index (χ0v) is 17.2. The molecule has 2 aromatic carbocycles. The van der Waals surface area contributed by atoms with Crippen LogP contribution in [0.25, 0.3) is 11.1 Å². The Hall–Kier alpha value is -1.40. The van der Waals surface area contributed by atoms with Crippen LogP contribution in [0, 0.1) is 5.41 Å². The highest BCUT2D eigenvalue weighted by molar-refractivity contribution is 7.89. The molecule has 1 heterocycles. The van der Waals surface area contributed by atoms with E-state index in [2.05, 4.69) is 46.4 Å². The average Bonchev–Trinajstić information content (AvgIpc) is 3.38. The largest absolute Gasteiger partial charge is 0.311 e. The van der Waals surface area contributed by atoms with Crippen LogP contribution in [0.1, 0.15) is 25.3 Å². The van der Waals surface area contributed by atoms with Gasteiger partial charge in [-0.15, -0.1) is 12.4 Å². The number of hydrogen-bond donors (Lipinski definition) is 2. The van der Waals surface area contributed by atoms with Gasteiger partial charge in [-0.25, -0.2) is 13.1 Å². The molecule has 2 atom stereocenters. The Morgan fingerprint density at radius 1 is 1.07 bits per heavy atom. The van der Waals surface area contributed by atoms with Crippen LogP contribution < -0.4 is 10.0 Å². The maximum atomic E-state index is 12.2. The minimum absolute atomic E-state index is 0. The van der Waals surface area contributed by atoms with Gasteiger partial charge in [0.2, 0.25) is 10.0 Å². The summed E-state index contributed by atoms with van der Waals surface area (Å²) in [6.45, 7) is 2.61. The van der Waals surface area contributed by atoms with Crippen molar-refractivity contribution in [3.05, 3.63) is 60.2 Å². The van der Waals surface area contributed by atoms with Gasteiger partial charge in [-0.1, -0.05) is 54.6 Å².